The summed E-state index contributed by atoms with van der Waals surface area (Å²) >= 11 is 0. The molecule has 0 aliphatic carbocycles. The average Bonchev–Trinajstić information content (AvgIpc) is 2.54. The zero-order chi connectivity index (χ0) is 15.1. The Bertz CT molecular complexity index is 552. The smallest absolute Gasteiger partial charge is 0.229 e. The van der Waals surface area contributed by atoms with Crippen molar-refractivity contribution >= 4 is 11.6 Å². The van der Waals surface area contributed by atoms with Gasteiger partial charge in [-0.1, -0.05) is 18.8 Å². The fraction of sp³-hybridized carbons (Fsp3) is 0.471. The zero-order valence-electron chi connectivity index (χ0n) is 12.4. The number of anilines is 1. The number of benzene rings is 1. The number of ether oxygens (including phenoxy) is 1. The summed E-state index contributed by atoms with van der Waals surface area (Å²) < 4.78 is 5.37. The maximum atomic E-state index is 12.3. The van der Waals surface area contributed by atoms with Gasteiger partial charge in [-0.15, -0.1) is 0 Å². The van der Waals surface area contributed by atoms with Gasteiger partial charge in [0.05, 0.1) is 19.1 Å². The maximum Gasteiger partial charge on any atom is 0.229 e. The first-order valence-electron chi connectivity index (χ1n) is 7.45. The van der Waals surface area contributed by atoms with Crippen molar-refractivity contribution < 1.29 is 9.53 Å². The standard InChI is InChI=1S/C17H22N2O2/c1-2-14-11-13(5-3-9-18)7-8-16(14)19-17(20)15-6-4-10-21-12-15/h7-8,11,15H,2,4,6,9-10,12,18H2,1H3,(H,19,20). The van der Waals surface area contributed by atoms with Crippen LogP contribution in [-0.4, -0.2) is 25.7 Å². The minimum Gasteiger partial charge on any atom is -0.381 e. The fourth-order valence-electron chi connectivity index (χ4n) is 2.42. The van der Waals surface area contributed by atoms with Crippen LogP contribution in [0.2, 0.25) is 0 Å². The predicted octanol–water partition coefficient (Wildman–Crippen LogP) is 1.92. The molecule has 0 bridgehead atoms. The van der Waals surface area contributed by atoms with E-state index >= 15 is 0 Å². The lowest BCUT2D eigenvalue weighted by atomic mass is 10.0. The summed E-state index contributed by atoms with van der Waals surface area (Å²) in [6.07, 6.45) is 2.69. The normalized spacial score (nSPS) is 17.7. The van der Waals surface area contributed by atoms with E-state index in [9.17, 15) is 4.79 Å². The molecule has 1 saturated heterocycles. The topological polar surface area (TPSA) is 64.3 Å². The Balaban J connectivity index is 2.09. The van der Waals surface area contributed by atoms with Crippen molar-refractivity contribution in [2.75, 3.05) is 25.1 Å². The van der Waals surface area contributed by atoms with E-state index in [-0.39, 0.29) is 11.8 Å². The van der Waals surface area contributed by atoms with Gasteiger partial charge >= 0.3 is 0 Å². The Morgan fingerprint density at radius 1 is 1.52 bits per heavy atom. The highest BCUT2D eigenvalue weighted by Crippen LogP contribution is 2.21. The van der Waals surface area contributed by atoms with E-state index in [0.717, 1.165) is 42.7 Å². The highest BCUT2D eigenvalue weighted by Gasteiger charge is 2.22. The van der Waals surface area contributed by atoms with Crippen molar-refractivity contribution in [1.82, 2.24) is 0 Å². The molecule has 1 fully saturated rings. The molecule has 0 saturated carbocycles. The summed E-state index contributed by atoms with van der Waals surface area (Å²) in [5.41, 5.74) is 8.26. The lowest BCUT2D eigenvalue weighted by Crippen LogP contribution is -2.30. The number of hydrogen-bond acceptors (Lipinski definition) is 3. The molecular formula is C17H22N2O2. The minimum atomic E-state index is -0.0415. The van der Waals surface area contributed by atoms with Crippen LogP contribution in [0.1, 0.15) is 30.9 Å². The number of nitrogens with two attached hydrogens (primary N) is 1. The van der Waals surface area contributed by atoms with Gasteiger partial charge in [0.15, 0.2) is 0 Å². The molecule has 1 atom stereocenters. The number of amides is 1. The van der Waals surface area contributed by atoms with Gasteiger partial charge in [0.2, 0.25) is 5.91 Å². The Morgan fingerprint density at radius 2 is 2.38 bits per heavy atom. The van der Waals surface area contributed by atoms with Gasteiger partial charge in [0, 0.05) is 17.9 Å². The SMILES string of the molecule is CCc1cc(C#CCN)ccc1NC(=O)C1CCCOC1. The Hall–Kier alpha value is -1.83. The molecule has 4 heteroatoms. The van der Waals surface area contributed by atoms with E-state index in [1.807, 2.05) is 18.2 Å². The molecule has 1 amide bonds. The van der Waals surface area contributed by atoms with Crippen molar-refractivity contribution in [3.63, 3.8) is 0 Å². The molecule has 3 N–H and O–H groups in total. The van der Waals surface area contributed by atoms with E-state index < -0.39 is 0 Å². The molecule has 112 valence electrons. The number of carbonyl (C=O) groups excluding carboxylic acids is 1. The van der Waals surface area contributed by atoms with Crippen LogP contribution in [0.3, 0.4) is 0 Å². The van der Waals surface area contributed by atoms with E-state index in [4.69, 9.17) is 10.5 Å². The highest BCUT2D eigenvalue weighted by molar-refractivity contribution is 5.93. The summed E-state index contributed by atoms with van der Waals surface area (Å²) in [6.45, 7) is 3.70. The van der Waals surface area contributed by atoms with Crippen LogP contribution in [0.25, 0.3) is 0 Å². The number of hydrogen-bond donors (Lipinski definition) is 2. The zero-order valence-corrected chi connectivity index (χ0v) is 12.4. The van der Waals surface area contributed by atoms with E-state index in [1.54, 1.807) is 0 Å². The Labute approximate surface area is 126 Å². The van der Waals surface area contributed by atoms with Crippen molar-refractivity contribution in [3.05, 3.63) is 29.3 Å². The fourth-order valence-corrected chi connectivity index (χ4v) is 2.42. The number of rotatable bonds is 3. The summed E-state index contributed by atoms with van der Waals surface area (Å²) in [6, 6.07) is 5.84. The van der Waals surface area contributed by atoms with Crippen LogP contribution in [0.5, 0.6) is 0 Å². The molecular weight excluding hydrogens is 264 g/mol. The molecule has 4 nitrogen and oxygen atoms in total. The summed E-state index contributed by atoms with van der Waals surface area (Å²) in [7, 11) is 0. The second-order valence-electron chi connectivity index (χ2n) is 5.13. The van der Waals surface area contributed by atoms with Crippen molar-refractivity contribution in [1.29, 1.82) is 0 Å². The van der Waals surface area contributed by atoms with Gasteiger partial charge in [-0.3, -0.25) is 4.79 Å². The second kappa shape index (κ2) is 7.82. The quantitative estimate of drug-likeness (QED) is 0.834. The molecule has 1 aliphatic rings. The summed E-state index contributed by atoms with van der Waals surface area (Å²) in [5, 5.41) is 3.02. The van der Waals surface area contributed by atoms with Crippen LogP contribution in [0.15, 0.2) is 18.2 Å². The van der Waals surface area contributed by atoms with E-state index in [0.29, 0.717) is 13.2 Å². The van der Waals surface area contributed by atoms with Gasteiger partial charge in [-0.05, 0) is 43.0 Å². The average molecular weight is 286 g/mol. The van der Waals surface area contributed by atoms with Crippen LogP contribution >= 0.6 is 0 Å². The monoisotopic (exact) mass is 286 g/mol. The van der Waals surface area contributed by atoms with E-state index in [1.165, 1.54) is 0 Å². The first-order chi connectivity index (χ1) is 10.2. The molecule has 21 heavy (non-hydrogen) atoms. The molecule has 1 aliphatic heterocycles. The molecule has 0 spiro atoms. The van der Waals surface area contributed by atoms with Gasteiger partial charge in [-0.2, -0.15) is 0 Å². The predicted molar refractivity (Wildman–Crippen MR) is 83.9 cm³/mol. The van der Waals surface area contributed by atoms with Gasteiger partial charge in [0.25, 0.3) is 0 Å². The van der Waals surface area contributed by atoms with Crippen molar-refractivity contribution in [2.45, 2.75) is 26.2 Å². The van der Waals surface area contributed by atoms with Gasteiger partial charge in [-0.25, -0.2) is 0 Å². The first-order valence-corrected chi connectivity index (χ1v) is 7.45. The molecule has 0 aromatic heterocycles. The first kappa shape index (κ1) is 15.6. The Kier molecular flexibility index (Phi) is 5.79. The maximum absolute atomic E-state index is 12.3. The van der Waals surface area contributed by atoms with Crippen LogP contribution < -0.4 is 11.1 Å². The Morgan fingerprint density at radius 3 is 3.05 bits per heavy atom. The van der Waals surface area contributed by atoms with Crippen molar-refractivity contribution in [3.8, 4) is 11.8 Å². The van der Waals surface area contributed by atoms with E-state index in [2.05, 4.69) is 24.1 Å². The summed E-state index contributed by atoms with van der Waals surface area (Å²) in [5.74, 6) is 5.86. The third-order valence-corrected chi connectivity index (χ3v) is 3.61. The molecule has 1 heterocycles. The number of nitrogens with one attached hydrogen (secondary N) is 1. The molecule has 0 radical (unpaired) electrons. The lowest BCUT2D eigenvalue weighted by Gasteiger charge is -2.22. The third-order valence-electron chi connectivity index (χ3n) is 3.61. The largest absolute Gasteiger partial charge is 0.381 e. The summed E-state index contributed by atoms with van der Waals surface area (Å²) in [4.78, 5) is 12.3. The highest BCUT2D eigenvalue weighted by atomic mass is 16.5. The van der Waals surface area contributed by atoms with Gasteiger partial charge in [0.1, 0.15) is 0 Å². The molecule has 1 aromatic carbocycles. The van der Waals surface area contributed by atoms with Gasteiger partial charge < -0.3 is 15.8 Å². The molecule has 2 rings (SSSR count). The second-order valence-corrected chi connectivity index (χ2v) is 5.13. The number of aryl methyl sites for hydroxylation is 1. The van der Waals surface area contributed by atoms with Crippen LogP contribution in [0, 0.1) is 17.8 Å². The molecule has 1 unspecified atom stereocenters. The third kappa shape index (κ3) is 4.32. The minimum absolute atomic E-state index is 0.0415. The lowest BCUT2D eigenvalue weighted by molar-refractivity contribution is -0.123. The van der Waals surface area contributed by atoms with Crippen LogP contribution in [0.4, 0.5) is 5.69 Å². The van der Waals surface area contributed by atoms with Crippen molar-refractivity contribution in [2.24, 2.45) is 11.7 Å². The number of carbonyl (C=O) groups is 1. The molecule has 1 aromatic rings. The van der Waals surface area contributed by atoms with Crippen LogP contribution in [-0.2, 0) is 16.0 Å².